The molecule has 0 fully saturated rings. The molecule has 0 aliphatic carbocycles. The van der Waals surface area contributed by atoms with Gasteiger partial charge >= 0.3 is 0 Å². The van der Waals surface area contributed by atoms with Crippen LogP contribution < -0.4 is 0 Å². The van der Waals surface area contributed by atoms with E-state index < -0.39 is 0 Å². The van der Waals surface area contributed by atoms with Crippen molar-refractivity contribution < 1.29 is 5.11 Å². The van der Waals surface area contributed by atoms with Crippen molar-refractivity contribution in [1.29, 1.82) is 0 Å². The zero-order valence-corrected chi connectivity index (χ0v) is 9.74. The fourth-order valence-corrected chi connectivity index (χ4v) is 1.45. The topological polar surface area (TPSA) is 20.2 Å². The van der Waals surface area contributed by atoms with Gasteiger partial charge in [0, 0.05) is 12.5 Å². The van der Waals surface area contributed by atoms with Crippen LogP contribution in [0.15, 0.2) is 0 Å². The van der Waals surface area contributed by atoms with E-state index in [9.17, 15) is 0 Å². The Kier molecular flexibility index (Phi) is 7.78. The fourth-order valence-electron chi connectivity index (χ4n) is 1.31. The van der Waals surface area contributed by atoms with Crippen molar-refractivity contribution >= 4 is 11.6 Å². The van der Waals surface area contributed by atoms with Crippen LogP contribution in [0.4, 0.5) is 0 Å². The van der Waals surface area contributed by atoms with Crippen molar-refractivity contribution in [2.45, 2.75) is 52.4 Å². The SMILES string of the molecule is CC(C)(CCl)CCCCCCCO. The van der Waals surface area contributed by atoms with Crippen LogP contribution >= 0.6 is 11.6 Å². The van der Waals surface area contributed by atoms with Gasteiger partial charge in [0.05, 0.1) is 0 Å². The second kappa shape index (κ2) is 7.64. The average Bonchev–Trinajstić information content (AvgIpc) is 2.11. The van der Waals surface area contributed by atoms with Gasteiger partial charge in [-0.15, -0.1) is 11.6 Å². The van der Waals surface area contributed by atoms with E-state index in [2.05, 4.69) is 13.8 Å². The summed E-state index contributed by atoms with van der Waals surface area (Å²) in [5.74, 6) is 0.754. The number of halogens is 1. The summed E-state index contributed by atoms with van der Waals surface area (Å²) in [6, 6.07) is 0. The minimum absolute atomic E-state index is 0.304. The molecule has 0 bridgehead atoms. The standard InChI is InChI=1S/C11H23ClO/c1-11(2,10-12)8-6-4-3-5-7-9-13/h13H,3-10H2,1-2H3. The van der Waals surface area contributed by atoms with E-state index in [4.69, 9.17) is 16.7 Å². The third-order valence-electron chi connectivity index (χ3n) is 2.37. The third-order valence-corrected chi connectivity index (χ3v) is 3.10. The van der Waals surface area contributed by atoms with Gasteiger partial charge in [-0.2, -0.15) is 0 Å². The molecular formula is C11H23ClO. The van der Waals surface area contributed by atoms with Gasteiger partial charge in [-0.1, -0.05) is 39.5 Å². The molecule has 0 spiro atoms. The maximum Gasteiger partial charge on any atom is 0.0431 e. The predicted molar refractivity (Wildman–Crippen MR) is 59.3 cm³/mol. The molecule has 0 amide bonds. The van der Waals surface area contributed by atoms with Crippen molar-refractivity contribution in [3.05, 3.63) is 0 Å². The van der Waals surface area contributed by atoms with Crippen molar-refractivity contribution in [2.75, 3.05) is 12.5 Å². The normalized spacial score (nSPS) is 12.0. The number of hydrogen-bond donors (Lipinski definition) is 1. The highest BCUT2D eigenvalue weighted by molar-refractivity contribution is 6.18. The third kappa shape index (κ3) is 8.58. The number of aliphatic hydroxyl groups is 1. The van der Waals surface area contributed by atoms with Gasteiger partial charge < -0.3 is 5.11 Å². The molecule has 0 aromatic carbocycles. The summed E-state index contributed by atoms with van der Waals surface area (Å²) < 4.78 is 0. The lowest BCUT2D eigenvalue weighted by Gasteiger charge is -2.20. The first-order chi connectivity index (χ1) is 6.12. The Morgan fingerprint density at radius 1 is 1.00 bits per heavy atom. The summed E-state index contributed by atoms with van der Waals surface area (Å²) in [5, 5.41) is 8.57. The van der Waals surface area contributed by atoms with E-state index in [1.165, 1.54) is 25.7 Å². The zero-order chi connectivity index (χ0) is 10.2. The lowest BCUT2D eigenvalue weighted by atomic mass is 9.89. The minimum Gasteiger partial charge on any atom is -0.396 e. The van der Waals surface area contributed by atoms with Gasteiger partial charge in [0.1, 0.15) is 0 Å². The summed E-state index contributed by atoms with van der Waals surface area (Å²) in [6.45, 7) is 4.77. The molecule has 0 aliphatic rings. The molecule has 0 unspecified atom stereocenters. The molecule has 0 aromatic heterocycles. The molecule has 0 saturated heterocycles. The second-order valence-electron chi connectivity index (χ2n) is 4.54. The van der Waals surface area contributed by atoms with Gasteiger partial charge in [0.15, 0.2) is 0 Å². The molecule has 80 valence electrons. The Balaban J connectivity index is 3.16. The Labute approximate surface area is 87.5 Å². The number of rotatable bonds is 8. The molecule has 1 nitrogen and oxygen atoms in total. The predicted octanol–water partition coefficient (Wildman–Crippen LogP) is 3.58. The van der Waals surface area contributed by atoms with Crippen LogP contribution in [-0.2, 0) is 0 Å². The molecule has 2 heteroatoms. The van der Waals surface area contributed by atoms with Crippen LogP contribution in [0.5, 0.6) is 0 Å². The largest absolute Gasteiger partial charge is 0.396 e. The van der Waals surface area contributed by atoms with Crippen LogP contribution in [0.2, 0.25) is 0 Å². The first kappa shape index (κ1) is 13.2. The summed E-state index contributed by atoms with van der Waals surface area (Å²) in [4.78, 5) is 0. The van der Waals surface area contributed by atoms with E-state index in [0.29, 0.717) is 12.0 Å². The van der Waals surface area contributed by atoms with E-state index in [0.717, 1.165) is 18.7 Å². The molecule has 0 radical (unpaired) electrons. The quantitative estimate of drug-likeness (QED) is 0.476. The monoisotopic (exact) mass is 206 g/mol. The second-order valence-corrected chi connectivity index (χ2v) is 4.81. The van der Waals surface area contributed by atoms with Crippen LogP contribution in [0, 0.1) is 5.41 Å². The van der Waals surface area contributed by atoms with E-state index in [1.54, 1.807) is 0 Å². The first-order valence-electron chi connectivity index (χ1n) is 5.29. The average molecular weight is 207 g/mol. The molecular weight excluding hydrogens is 184 g/mol. The summed E-state index contributed by atoms with van der Waals surface area (Å²) in [7, 11) is 0. The van der Waals surface area contributed by atoms with Crippen molar-refractivity contribution in [1.82, 2.24) is 0 Å². The molecule has 1 N–H and O–H groups in total. The highest BCUT2D eigenvalue weighted by Gasteiger charge is 2.14. The van der Waals surface area contributed by atoms with Crippen LogP contribution in [0.3, 0.4) is 0 Å². The molecule has 0 aromatic rings. The van der Waals surface area contributed by atoms with Crippen molar-refractivity contribution in [2.24, 2.45) is 5.41 Å². The van der Waals surface area contributed by atoms with Crippen molar-refractivity contribution in [3.8, 4) is 0 Å². The van der Waals surface area contributed by atoms with Gasteiger partial charge in [-0.25, -0.2) is 0 Å². The molecule has 0 aliphatic heterocycles. The number of aliphatic hydroxyl groups excluding tert-OH is 1. The Bertz CT molecular complexity index is 113. The molecule has 0 atom stereocenters. The van der Waals surface area contributed by atoms with Crippen LogP contribution in [-0.4, -0.2) is 17.6 Å². The number of alkyl halides is 1. The molecule has 13 heavy (non-hydrogen) atoms. The first-order valence-corrected chi connectivity index (χ1v) is 5.83. The van der Waals surface area contributed by atoms with Gasteiger partial charge in [0.2, 0.25) is 0 Å². The fraction of sp³-hybridized carbons (Fsp3) is 1.00. The van der Waals surface area contributed by atoms with Gasteiger partial charge in [-0.05, 0) is 18.3 Å². The maximum atomic E-state index is 8.57. The minimum atomic E-state index is 0.304. The molecule has 0 saturated carbocycles. The van der Waals surface area contributed by atoms with E-state index in [1.807, 2.05) is 0 Å². The highest BCUT2D eigenvalue weighted by atomic mass is 35.5. The number of hydrogen-bond acceptors (Lipinski definition) is 1. The van der Waals surface area contributed by atoms with E-state index in [-0.39, 0.29) is 0 Å². The van der Waals surface area contributed by atoms with E-state index >= 15 is 0 Å². The van der Waals surface area contributed by atoms with Gasteiger partial charge in [0.25, 0.3) is 0 Å². The lowest BCUT2D eigenvalue weighted by Crippen LogP contribution is -2.12. The molecule has 0 heterocycles. The number of unbranched alkanes of at least 4 members (excludes halogenated alkanes) is 4. The summed E-state index contributed by atoms with van der Waals surface area (Å²) in [5.41, 5.74) is 0.304. The Morgan fingerprint density at radius 3 is 2.08 bits per heavy atom. The van der Waals surface area contributed by atoms with Crippen LogP contribution in [0.1, 0.15) is 52.4 Å². The Morgan fingerprint density at radius 2 is 1.54 bits per heavy atom. The summed E-state index contributed by atoms with van der Waals surface area (Å²) >= 11 is 5.82. The Hall–Kier alpha value is 0.250. The lowest BCUT2D eigenvalue weighted by molar-refractivity contribution is 0.281. The summed E-state index contributed by atoms with van der Waals surface area (Å²) in [6.07, 6.45) is 7.14. The highest BCUT2D eigenvalue weighted by Crippen LogP contribution is 2.25. The zero-order valence-electron chi connectivity index (χ0n) is 8.98. The smallest absolute Gasteiger partial charge is 0.0431 e. The molecule has 0 rings (SSSR count). The van der Waals surface area contributed by atoms with Crippen LogP contribution in [0.25, 0.3) is 0 Å². The maximum absolute atomic E-state index is 8.57. The van der Waals surface area contributed by atoms with Gasteiger partial charge in [-0.3, -0.25) is 0 Å². The van der Waals surface area contributed by atoms with Crippen molar-refractivity contribution in [3.63, 3.8) is 0 Å².